The summed E-state index contributed by atoms with van der Waals surface area (Å²) in [7, 11) is 0. The van der Waals surface area contributed by atoms with Crippen LogP contribution >= 0.6 is 0 Å². The van der Waals surface area contributed by atoms with Gasteiger partial charge in [-0.3, -0.25) is 0 Å². The largest absolute Gasteiger partial charge is 0.463 e. The number of esters is 2. The molecule has 4 nitrogen and oxygen atoms in total. The molecule has 0 atom stereocenters. The van der Waals surface area contributed by atoms with E-state index in [1.54, 1.807) is 20.8 Å². The van der Waals surface area contributed by atoms with Gasteiger partial charge in [-0.15, -0.1) is 0 Å². The van der Waals surface area contributed by atoms with E-state index >= 15 is 0 Å². The van der Waals surface area contributed by atoms with Crippen LogP contribution in [0.25, 0.3) is 0 Å². The van der Waals surface area contributed by atoms with Gasteiger partial charge >= 0.3 is 11.9 Å². The molecule has 0 amide bonds. The Morgan fingerprint density at radius 2 is 1.47 bits per heavy atom. The maximum absolute atomic E-state index is 11.7. The second-order valence-corrected chi connectivity index (χ2v) is 3.65. The van der Waals surface area contributed by atoms with Crippen LogP contribution in [0.5, 0.6) is 0 Å². The summed E-state index contributed by atoms with van der Waals surface area (Å²) in [6, 6.07) is 0. The van der Waals surface area contributed by atoms with Crippen LogP contribution in [0.3, 0.4) is 0 Å². The van der Waals surface area contributed by atoms with Gasteiger partial charge in [0.25, 0.3) is 0 Å². The first-order valence-corrected chi connectivity index (χ1v) is 6.12. The van der Waals surface area contributed by atoms with E-state index in [9.17, 15) is 9.59 Å². The van der Waals surface area contributed by atoms with Crippen molar-refractivity contribution in [2.75, 3.05) is 13.2 Å². The second kappa shape index (κ2) is 8.79. The van der Waals surface area contributed by atoms with E-state index in [1.807, 2.05) is 6.92 Å². The average molecular weight is 242 g/mol. The number of ether oxygens (including phenoxy) is 2. The highest BCUT2D eigenvalue weighted by Gasteiger charge is 2.18. The molecule has 0 rings (SSSR count). The van der Waals surface area contributed by atoms with Gasteiger partial charge in [0.05, 0.1) is 13.2 Å². The summed E-state index contributed by atoms with van der Waals surface area (Å²) in [6.07, 6.45) is 2.36. The third-order valence-corrected chi connectivity index (χ3v) is 2.34. The molecular weight excluding hydrogens is 220 g/mol. The molecule has 0 heterocycles. The van der Waals surface area contributed by atoms with Gasteiger partial charge in [0.15, 0.2) is 0 Å². The molecule has 0 aromatic carbocycles. The van der Waals surface area contributed by atoms with Gasteiger partial charge in [0.1, 0.15) is 0 Å². The number of hydrogen-bond donors (Lipinski definition) is 0. The highest BCUT2D eigenvalue weighted by molar-refractivity contribution is 5.99. The van der Waals surface area contributed by atoms with Crippen molar-refractivity contribution in [3.63, 3.8) is 0 Å². The molecule has 0 saturated heterocycles. The number of hydrogen-bond acceptors (Lipinski definition) is 4. The van der Waals surface area contributed by atoms with Gasteiger partial charge in [-0.25, -0.2) is 9.59 Å². The first-order valence-electron chi connectivity index (χ1n) is 6.12. The molecular formula is C13H22O4. The Kier molecular flexibility index (Phi) is 8.11. The predicted molar refractivity (Wildman–Crippen MR) is 65.5 cm³/mol. The molecule has 0 radical (unpaired) electrons. The van der Waals surface area contributed by atoms with Crippen LogP contribution in [0.4, 0.5) is 0 Å². The van der Waals surface area contributed by atoms with Gasteiger partial charge in [0.2, 0.25) is 0 Å². The zero-order valence-corrected chi connectivity index (χ0v) is 11.2. The molecule has 0 aliphatic heterocycles. The Labute approximate surface area is 103 Å². The number of carbonyl (C=O) groups excluding carboxylic acids is 2. The second-order valence-electron chi connectivity index (χ2n) is 3.65. The zero-order chi connectivity index (χ0) is 13.3. The Balaban J connectivity index is 4.91. The van der Waals surface area contributed by atoms with E-state index in [2.05, 4.69) is 0 Å². The summed E-state index contributed by atoms with van der Waals surface area (Å²) in [4.78, 5) is 23.3. The van der Waals surface area contributed by atoms with Crippen LogP contribution in [-0.4, -0.2) is 25.2 Å². The van der Waals surface area contributed by atoms with E-state index < -0.39 is 11.9 Å². The van der Waals surface area contributed by atoms with Crippen molar-refractivity contribution in [2.24, 2.45) is 0 Å². The maximum atomic E-state index is 11.7. The van der Waals surface area contributed by atoms with Gasteiger partial charge in [-0.1, -0.05) is 13.3 Å². The lowest BCUT2D eigenvalue weighted by molar-refractivity contribution is -0.141. The number of rotatable bonds is 7. The molecule has 0 aromatic heterocycles. The molecule has 0 aliphatic rings. The molecule has 0 aromatic rings. The van der Waals surface area contributed by atoms with Crippen molar-refractivity contribution in [3.05, 3.63) is 11.1 Å². The number of unbranched alkanes of at least 4 members (excludes halogenated alkanes) is 1. The van der Waals surface area contributed by atoms with Crippen molar-refractivity contribution in [1.29, 1.82) is 0 Å². The quantitative estimate of drug-likeness (QED) is 0.508. The minimum absolute atomic E-state index is 0.306. The summed E-state index contributed by atoms with van der Waals surface area (Å²) >= 11 is 0. The Bertz CT molecular complexity index is 292. The van der Waals surface area contributed by atoms with Crippen molar-refractivity contribution < 1.29 is 19.1 Å². The first-order chi connectivity index (χ1) is 8.08. The molecule has 0 saturated carbocycles. The van der Waals surface area contributed by atoms with Crippen LogP contribution in [0, 0.1) is 0 Å². The van der Waals surface area contributed by atoms with Crippen molar-refractivity contribution in [1.82, 2.24) is 0 Å². The van der Waals surface area contributed by atoms with E-state index in [1.165, 1.54) is 0 Å². The Morgan fingerprint density at radius 1 is 0.941 bits per heavy atom. The highest BCUT2D eigenvalue weighted by Crippen LogP contribution is 2.16. The topological polar surface area (TPSA) is 52.6 Å². The minimum Gasteiger partial charge on any atom is -0.463 e. The molecule has 0 bridgehead atoms. The fourth-order valence-corrected chi connectivity index (χ4v) is 1.38. The molecule has 98 valence electrons. The predicted octanol–water partition coefficient (Wildman–Crippen LogP) is 2.62. The maximum Gasteiger partial charge on any atom is 0.334 e. The molecule has 0 fully saturated rings. The van der Waals surface area contributed by atoms with Crippen LogP contribution in [0.1, 0.15) is 47.0 Å². The van der Waals surface area contributed by atoms with Crippen LogP contribution < -0.4 is 0 Å². The Hall–Kier alpha value is -1.32. The van der Waals surface area contributed by atoms with Crippen LogP contribution in [-0.2, 0) is 19.1 Å². The number of carbonyl (C=O) groups is 2. The van der Waals surface area contributed by atoms with E-state index in [-0.39, 0.29) is 0 Å². The molecule has 0 spiro atoms. The first kappa shape index (κ1) is 15.7. The summed E-state index contributed by atoms with van der Waals surface area (Å²) in [6.45, 7) is 7.74. The lowest BCUT2D eigenvalue weighted by Gasteiger charge is -2.10. The molecule has 17 heavy (non-hydrogen) atoms. The Morgan fingerprint density at radius 3 is 1.94 bits per heavy atom. The lowest BCUT2D eigenvalue weighted by atomic mass is 10.0. The molecule has 0 unspecified atom stereocenters. The van der Waals surface area contributed by atoms with Crippen LogP contribution in [0.2, 0.25) is 0 Å². The summed E-state index contributed by atoms with van der Waals surface area (Å²) < 4.78 is 9.83. The van der Waals surface area contributed by atoms with Gasteiger partial charge in [0, 0.05) is 11.1 Å². The third kappa shape index (κ3) is 5.52. The zero-order valence-electron chi connectivity index (χ0n) is 11.2. The highest BCUT2D eigenvalue weighted by atomic mass is 16.5. The van der Waals surface area contributed by atoms with E-state index in [4.69, 9.17) is 9.47 Å². The SMILES string of the molecule is CCCCC(C(=O)OCC)=C(C)C(=O)OCC. The molecule has 4 heteroatoms. The molecule has 0 aliphatic carbocycles. The minimum atomic E-state index is -0.438. The summed E-state index contributed by atoms with van der Waals surface area (Å²) in [5.74, 6) is -0.849. The fourth-order valence-electron chi connectivity index (χ4n) is 1.38. The van der Waals surface area contributed by atoms with E-state index in [0.29, 0.717) is 30.8 Å². The normalized spacial score (nSPS) is 11.8. The molecule has 0 N–H and O–H groups in total. The van der Waals surface area contributed by atoms with Gasteiger partial charge in [-0.05, 0) is 33.6 Å². The lowest BCUT2D eigenvalue weighted by Crippen LogP contribution is -2.15. The van der Waals surface area contributed by atoms with Crippen molar-refractivity contribution in [3.8, 4) is 0 Å². The summed E-state index contributed by atoms with van der Waals surface area (Å²) in [5, 5.41) is 0. The van der Waals surface area contributed by atoms with Crippen molar-refractivity contribution >= 4 is 11.9 Å². The average Bonchev–Trinajstić information content (AvgIpc) is 2.30. The van der Waals surface area contributed by atoms with Crippen LogP contribution in [0.15, 0.2) is 11.1 Å². The smallest absolute Gasteiger partial charge is 0.334 e. The van der Waals surface area contributed by atoms with E-state index in [0.717, 1.165) is 12.8 Å². The fraction of sp³-hybridized carbons (Fsp3) is 0.692. The van der Waals surface area contributed by atoms with Gasteiger partial charge < -0.3 is 9.47 Å². The monoisotopic (exact) mass is 242 g/mol. The van der Waals surface area contributed by atoms with Gasteiger partial charge in [-0.2, -0.15) is 0 Å². The standard InChI is InChI=1S/C13H22O4/c1-5-8-9-11(13(15)17-7-3)10(4)12(14)16-6-2/h5-9H2,1-4H3. The third-order valence-electron chi connectivity index (χ3n) is 2.34. The van der Waals surface area contributed by atoms with Crippen molar-refractivity contribution in [2.45, 2.75) is 47.0 Å². The summed E-state index contributed by atoms with van der Waals surface area (Å²) in [5.41, 5.74) is 0.797.